The third kappa shape index (κ3) is 6.27. The van der Waals surface area contributed by atoms with Gasteiger partial charge in [-0.15, -0.1) is 11.3 Å². The molecule has 0 aliphatic rings. The lowest BCUT2D eigenvalue weighted by Gasteiger charge is -2.11. The van der Waals surface area contributed by atoms with Crippen molar-refractivity contribution in [3.05, 3.63) is 107 Å². The molecule has 0 spiro atoms. The zero-order valence-electron chi connectivity index (χ0n) is 19.8. The molecule has 0 unspecified atom stereocenters. The van der Waals surface area contributed by atoms with Gasteiger partial charge in [0.2, 0.25) is 0 Å². The summed E-state index contributed by atoms with van der Waals surface area (Å²) in [7, 11) is 0. The van der Waals surface area contributed by atoms with Gasteiger partial charge >= 0.3 is 0 Å². The average Bonchev–Trinajstić information content (AvgIpc) is 3.58. The lowest BCUT2D eigenvalue weighted by atomic mass is 10.0. The van der Waals surface area contributed by atoms with Gasteiger partial charge in [0.15, 0.2) is 16.6 Å². The maximum atomic E-state index is 12.5. The number of aryl methyl sites for hydroxylation is 1. The molecule has 0 radical (unpaired) electrons. The average molecular weight is 527 g/mol. The number of carbonyl (C=O) groups excluding carboxylic acids is 1. The number of hydrogen-bond acceptors (Lipinski definition) is 7. The van der Waals surface area contributed by atoms with Gasteiger partial charge in [-0.05, 0) is 48.0 Å². The van der Waals surface area contributed by atoms with E-state index in [9.17, 15) is 4.79 Å². The molecule has 7 nitrogen and oxygen atoms in total. The number of hydrogen-bond donors (Lipinski definition) is 2. The maximum Gasteiger partial charge on any atom is 0.279 e. The van der Waals surface area contributed by atoms with Crippen LogP contribution >= 0.6 is 23.6 Å². The zero-order chi connectivity index (χ0) is 25.6. The number of nitrogens with one attached hydrogen (secondary N) is 2. The van der Waals surface area contributed by atoms with Gasteiger partial charge in [-0.1, -0.05) is 65.8 Å². The number of anilines is 1. The van der Waals surface area contributed by atoms with Gasteiger partial charge in [0.05, 0.1) is 5.01 Å². The minimum atomic E-state index is -0.481. The Morgan fingerprint density at radius 1 is 1.00 bits per heavy atom. The highest BCUT2D eigenvalue weighted by molar-refractivity contribution is 7.80. The second-order valence-corrected chi connectivity index (χ2v) is 9.59. The standard InChI is InChI=1S/C28H22N4O3S2/c1-18-29-25(17-37-18)26-15-24(32-35-26)27(33)31-28(36)30-22-8-5-9-23(14-22)34-16-19-10-12-21(13-11-19)20-6-3-2-4-7-20/h2-15,17H,16H2,1H3,(H2,30,31,33,36). The van der Waals surface area contributed by atoms with Crippen molar-refractivity contribution < 1.29 is 14.1 Å². The Morgan fingerprint density at radius 2 is 1.78 bits per heavy atom. The van der Waals surface area contributed by atoms with Gasteiger partial charge in [-0.25, -0.2) is 4.98 Å². The van der Waals surface area contributed by atoms with Crippen LogP contribution in [0.4, 0.5) is 5.69 Å². The van der Waals surface area contributed by atoms with Crippen molar-refractivity contribution in [3.8, 4) is 28.3 Å². The van der Waals surface area contributed by atoms with E-state index < -0.39 is 5.91 Å². The molecule has 0 saturated carbocycles. The predicted octanol–water partition coefficient (Wildman–Crippen LogP) is 6.48. The summed E-state index contributed by atoms with van der Waals surface area (Å²) in [5.74, 6) is 0.615. The second kappa shape index (κ2) is 11.2. The molecule has 2 N–H and O–H groups in total. The summed E-state index contributed by atoms with van der Waals surface area (Å²) in [6, 6.07) is 27.4. The number of thiocarbonyl (C=S) groups is 1. The smallest absolute Gasteiger partial charge is 0.279 e. The Balaban J connectivity index is 1.14. The van der Waals surface area contributed by atoms with Gasteiger partial charge in [-0.2, -0.15) is 0 Å². The van der Waals surface area contributed by atoms with Crippen LogP contribution in [0, 0.1) is 6.92 Å². The molecule has 5 aromatic rings. The van der Waals surface area contributed by atoms with E-state index in [0.29, 0.717) is 29.5 Å². The maximum absolute atomic E-state index is 12.5. The molecule has 5 rings (SSSR count). The molecular formula is C28H22N4O3S2. The van der Waals surface area contributed by atoms with Crippen molar-refractivity contribution in [2.45, 2.75) is 13.5 Å². The Morgan fingerprint density at radius 3 is 2.54 bits per heavy atom. The van der Waals surface area contributed by atoms with Crippen LogP contribution in [-0.4, -0.2) is 21.2 Å². The van der Waals surface area contributed by atoms with Gasteiger partial charge in [0.1, 0.15) is 18.1 Å². The normalized spacial score (nSPS) is 10.6. The Kier molecular flexibility index (Phi) is 7.34. The van der Waals surface area contributed by atoms with Crippen molar-refractivity contribution in [2.24, 2.45) is 0 Å². The molecular weight excluding hydrogens is 504 g/mol. The Labute approximate surface area is 223 Å². The largest absolute Gasteiger partial charge is 0.489 e. The molecule has 0 aliphatic heterocycles. The predicted molar refractivity (Wildman–Crippen MR) is 149 cm³/mol. The SMILES string of the molecule is Cc1nc(-c2cc(C(=O)NC(=S)Nc3cccc(OCc4ccc(-c5ccccc5)cc4)c3)no2)cs1. The molecule has 184 valence electrons. The molecule has 0 fully saturated rings. The van der Waals surface area contributed by atoms with Gasteiger partial charge in [0, 0.05) is 23.2 Å². The highest BCUT2D eigenvalue weighted by Crippen LogP contribution is 2.23. The van der Waals surface area contributed by atoms with Crippen LogP contribution in [0.25, 0.3) is 22.6 Å². The summed E-state index contributed by atoms with van der Waals surface area (Å²) in [5.41, 5.74) is 4.82. The van der Waals surface area contributed by atoms with Crippen LogP contribution in [0.1, 0.15) is 21.1 Å². The van der Waals surface area contributed by atoms with Crippen LogP contribution < -0.4 is 15.4 Å². The minimum absolute atomic E-state index is 0.111. The quantitative estimate of drug-likeness (QED) is 0.235. The first-order valence-corrected chi connectivity index (χ1v) is 12.7. The first-order chi connectivity index (χ1) is 18.0. The van der Waals surface area contributed by atoms with E-state index in [0.717, 1.165) is 16.1 Å². The first-order valence-electron chi connectivity index (χ1n) is 11.4. The minimum Gasteiger partial charge on any atom is -0.489 e. The highest BCUT2D eigenvalue weighted by atomic mass is 32.1. The van der Waals surface area contributed by atoms with Gasteiger partial charge in [0.25, 0.3) is 5.91 Å². The molecule has 0 saturated heterocycles. The number of carbonyl (C=O) groups is 1. The number of amides is 1. The third-order valence-electron chi connectivity index (χ3n) is 5.40. The van der Waals surface area contributed by atoms with Crippen molar-refractivity contribution in [3.63, 3.8) is 0 Å². The summed E-state index contributed by atoms with van der Waals surface area (Å²) in [6.45, 7) is 2.32. The van der Waals surface area contributed by atoms with E-state index in [1.54, 1.807) is 0 Å². The van der Waals surface area contributed by atoms with Crippen molar-refractivity contribution in [1.29, 1.82) is 0 Å². The fourth-order valence-electron chi connectivity index (χ4n) is 3.56. The highest BCUT2D eigenvalue weighted by Gasteiger charge is 2.16. The number of rotatable bonds is 7. The summed E-state index contributed by atoms with van der Waals surface area (Å²) in [5, 5.41) is 12.3. The summed E-state index contributed by atoms with van der Waals surface area (Å²) in [4.78, 5) is 16.9. The number of ether oxygens (including phenoxy) is 1. The van der Waals surface area contributed by atoms with Crippen LogP contribution in [0.5, 0.6) is 5.75 Å². The summed E-state index contributed by atoms with van der Waals surface area (Å²) < 4.78 is 11.2. The van der Waals surface area contributed by atoms with Gasteiger partial charge < -0.3 is 14.6 Å². The Hall–Kier alpha value is -4.34. The Bertz CT molecular complexity index is 1530. The van der Waals surface area contributed by atoms with E-state index in [4.69, 9.17) is 21.5 Å². The fourth-order valence-corrected chi connectivity index (χ4v) is 4.38. The molecule has 2 aromatic heterocycles. The van der Waals surface area contributed by atoms with E-state index in [-0.39, 0.29) is 10.8 Å². The summed E-state index contributed by atoms with van der Waals surface area (Å²) in [6.07, 6.45) is 0. The topological polar surface area (TPSA) is 89.3 Å². The molecule has 0 aliphatic carbocycles. The van der Waals surface area contributed by atoms with Crippen LogP contribution in [0.3, 0.4) is 0 Å². The molecule has 9 heteroatoms. The zero-order valence-corrected chi connectivity index (χ0v) is 21.4. The monoisotopic (exact) mass is 526 g/mol. The van der Waals surface area contributed by atoms with E-state index in [2.05, 4.69) is 57.2 Å². The lowest BCUT2D eigenvalue weighted by Crippen LogP contribution is -2.34. The van der Waals surface area contributed by atoms with Crippen molar-refractivity contribution in [2.75, 3.05) is 5.32 Å². The third-order valence-corrected chi connectivity index (χ3v) is 6.38. The van der Waals surface area contributed by atoms with E-state index >= 15 is 0 Å². The number of benzene rings is 3. The number of aromatic nitrogens is 2. The van der Waals surface area contributed by atoms with Crippen LogP contribution in [0.2, 0.25) is 0 Å². The molecule has 2 heterocycles. The van der Waals surface area contributed by atoms with Crippen LogP contribution in [0.15, 0.2) is 94.8 Å². The van der Waals surface area contributed by atoms with Crippen molar-refractivity contribution >= 4 is 40.3 Å². The summed E-state index contributed by atoms with van der Waals surface area (Å²) >= 11 is 6.79. The molecule has 1 amide bonds. The number of nitrogens with zero attached hydrogens (tertiary/aromatic N) is 2. The van der Waals surface area contributed by atoms with E-state index in [1.807, 2.05) is 54.8 Å². The molecule has 37 heavy (non-hydrogen) atoms. The number of thiazole rings is 1. The molecule has 0 bridgehead atoms. The molecule has 0 atom stereocenters. The van der Waals surface area contributed by atoms with Gasteiger partial charge in [-0.3, -0.25) is 10.1 Å². The van der Waals surface area contributed by atoms with Crippen molar-refractivity contribution in [1.82, 2.24) is 15.5 Å². The fraction of sp³-hybridized carbons (Fsp3) is 0.0714. The van der Waals surface area contributed by atoms with E-state index in [1.165, 1.54) is 23.0 Å². The first kappa shape index (κ1) is 24.4. The second-order valence-electron chi connectivity index (χ2n) is 8.12. The van der Waals surface area contributed by atoms with Crippen LogP contribution in [-0.2, 0) is 6.61 Å². The lowest BCUT2D eigenvalue weighted by molar-refractivity contribution is 0.0969. The molecule has 3 aromatic carbocycles.